The Labute approximate surface area is 125 Å². The van der Waals surface area contributed by atoms with Gasteiger partial charge in [0.15, 0.2) is 4.67 Å². The molecule has 2 amide bonds. The first-order valence-electron chi connectivity index (χ1n) is 5.25. The molecule has 1 atom stereocenters. The van der Waals surface area contributed by atoms with Gasteiger partial charge in [-0.25, -0.2) is 9.59 Å². The highest BCUT2D eigenvalue weighted by atomic mass is 79.9. The lowest BCUT2D eigenvalue weighted by Gasteiger charge is -2.25. The van der Waals surface area contributed by atoms with Crippen molar-refractivity contribution in [2.45, 2.75) is 13.0 Å². The van der Waals surface area contributed by atoms with Crippen LogP contribution in [0.1, 0.15) is 18.7 Å². The van der Waals surface area contributed by atoms with E-state index in [-0.39, 0.29) is 0 Å². The molecule has 8 heteroatoms. The molecule has 19 heavy (non-hydrogen) atoms. The summed E-state index contributed by atoms with van der Waals surface area (Å²) in [6.07, 6.45) is 0. The third-order valence-corrected chi connectivity index (χ3v) is 4.33. The molecule has 0 fully saturated rings. The van der Waals surface area contributed by atoms with Crippen LogP contribution in [0.3, 0.4) is 0 Å². The largest absolute Gasteiger partial charge is 0.466 e. The van der Waals surface area contributed by atoms with Gasteiger partial charge in [-0.1, -0.05) is 0 Å². The van der Waals surface area contributed by atoms with Gasteiger partial charge in [-0.3, -0.25) is 0 Å². The van der Waals surface area contributed by atoms with Crippen LogP contribution in [-0.2, 0) is 9.53 Å². The fraction of sp³-hybridized carbons (Fsp3) is 0.273. The standard InChI is InChI=1S/C11H10Br2N2O4/c1-4-7(10(16)18-2)8(15-11(17)14-4)6-3-5(12)9(13)19-6/h3,8H,1-2H3,(H2,14,15,17)/t8-/m0/s1. The number of ether oxygens (including phenoxy) is 1. The molecule has 1 aromatic heterocycles. The Morgan fingerprint density at radius 3 is 2.68 bits per heavy atom. The number of rotatable bonds is 2. The zero-order chi connectivity index (χ0) is 14.2. The minimum Gasteiger partial charge on any atom is -0.466 e. The highest BCUT2D eigenvalue weighted by Gasteiger charge is 2.34. The number of carbonyl (C=O) groups is 2. The van der Waals surface area contributed by atoms with Crippen molar-refractivity contribution in [2.75, 3.05) is 7.11 Å². The average molecular weight is 394 g/mol. The van der Waals surface area contributed by atoms with Gasteiger partial charge in [-0.15, -0.1) is 0 Å². The number of hydrogen-bond acceptors (Lipinski definition) is 4. The van der Waals surface area contributed by atoms with Crippen LogP contribution in [0.25, 0.3) is 0 Å². The molecule has 2 heterocycles. The van der Waals surface area contributed by atoms with E-state index in [0.717, 1.165) is 0 Å². The summed E-state index contributed by atoms with van der Waals surface area (Å²) in [6, 6.07) is 0.582. The van der Waals surface area contributed by atoms with Crippen molar-refractivity contribution in [2.24, 2.45) is 0 Å². The maximum atomic E-state index is 11.8. The third kappa shape index (κ3) is 2.69. The number of allylic oxidation sites excluding steroid dienone is 1. The quantitative estimate of drug-likeness (QED) is 0.757. The van der Waals surface area contributed by atoms with Gasteiger partial charge in [-0.2, -0.15) is 0 Å². The maximum Gasteiger partial charge on any atom is 0.338 e. The zero-order valence-corrected chi connectivity index (χ0v) is 13.2. The Hall–Kier alpha value is -1.28. The third-order valence-electron chi connectivity index (χ3n) is 2.62. The van der Waals surface area contributed by atoms with E-state index < -0.39 is 18.0 Å². The first kappa shape index (κ1) is 14.1. The fourth-order valence-electron chi connectivity index (χ4n) is 1.79. The predicted octanol–water partition coefficient (Wildman–Crippen LogP) is 2.61. The molecule has 0 radical (unpaired) electrons. The lowest BCUT2D eigenvalue weighted by atomic mass is 10.0. The summed E-state index contributed by atoms with van der Waals surface area (Å²) in [7, 11) is 1.28. The van der Waals surface area contributed by atoms with Crippen LogP contribution < -0.4 is 10.6 Å². The van der Waals surface area contributed by atoms with E-state index in [1.807, 2.05) is 0 Å². The lowest BCUT2D eigenvalue weighted by Crippen LogP contribution is -2.45. The number of nitrogens with one attached hydrogen (secondary N) is 2. The van der Waals surface area contributed by atoms with Crippen molar-refractivity contribution >= 4 is 43.9 Å². The van der Waals surface area contributed by atoms with Crippen LogP contribution in [0.15, 0.2) is 30.9 Å². The second kappa shape index (κ2) is 5.38. The molecule has 0 spiro atoms. The molecule has 1 aliphatic rings. The van der Waals surface area contributed by atoms with Gasteiger partial charge < -0.3 is 19.8 Å². The Balaban J connectivity index is 2.48. The molecular weight excluding hydrogens is 384 g/mol. The fourth-order valence-corrected chi connectivity index (χ4v) is 2.40. The molecule has 0 aliphatic carbocycles. The van der Waals surface area contributed by atoms with E-state index in [1.165, 1.54) is 7.11 Å². The minimum atomic E-state index is -0.691. The van der Waals surface area contributed by atoms with Crippen LogP contribution in [0.2, 0.25) is 0 Å². The minimum absolute atomic E-state index is 0.302. The molecule has 0 unspecified atom stereocenters. The monoisotopic (exact) mass is 392 g/mol. The molecule has 0 aromatic carbocycles. The number of urea groups is 1. The smallest absolute Gasteiger partial charge is 0.338 e. The van der Waals surface area contributed by atoms with Crippen LogP contribution in [0.4, 0.5) is 4.79 Å². The zero-order valence-electron chi connectivity index (χ0n) is 10.0. The Morgan fingerprint density at radius 1 is 1.47 bits per heavy atom. The van der Waals surface area contributed by atoms with Gasteiger partial charge in [0, 0.05) is 5.70 Å². The molecule has 0 saturated heterocycles. The van der Waals surface area contributed by atoms with Crippen molar-refractivity contribution in [3.63, 3.8) is 0 Å². The number of amides is 2. The highest BCUT2D eigenvalue weighted by molar-refractivity contribution is 9.13. The molecule has 0 bridgehead atoms. The van der Waals surface area contributed by atoms with E-state index in [4.69, 9.17) is 9.15 Å². The van der Waals surface area contributed by atoms with Gasteiger partial charge >= 0.3 is 12.0 Å². The first-order valence-corrected chi connectivity index (χ1v) is 6.84. The van der Waals surface area contributed by atoms with E-state index >= 15 is 0 Å². The summed E-state index contributed by atoms with van der Waals surface area (Å²) < 4.78 is 11.4. The van der Waals surface area contributed by atoms with E-state index in [1.54, 1.807) is 13.0 Å². The number of halogens is 2. The Bertz CT molecular complexity index is 560. The van der Waals surface area contributed by atoms with Crippen molar-refractivity contribution in [1.82, 2.24) is 10.6 Å². The summed E-state index contributed by atoms with van der Waals surface area (Å²) in [4.78, 5) is 23.4. The number of esters is 1. The van der Waals surface area contributed by atoms with Crippen molar-refractivity contribution in [3.8, 4) is 0 Å². The molecule has 0 saturated carbocycles. The number of furan rings is 1. The molecule has 6 nitrogen and oxygen atoms in total. The normalized spacial score (nSPS) is 18.9. The molecule has 2 rings (SSSR count). The molecule has 1 aromatic rings. The van der Waals surface area contributed by atoms with Gasteiger partial charge in [0.2, 0.25) is 0 Å². The maximum absolute atomic E-state index is 11.8. The lowest BCUT2D eigenvalue weighted by molar-refractivity contribution is -0.136. The van der Waals surface area contributed by atoms with Crippen LogP contribution in [-0.4, -0.2) is 19.1 Å². The topological polar surface area (TPSA) is 80.6 Å². The first-order chi connectivity index (χ1) is 8.93. The van der Waals surface area contributed by atoms with Crippen molar-refractivity contribution in [1.29, 1.82) is 0 Å². The summed E-state index contributed by atoms with van der Waals surface area (Å²) in [5.74, 6) is -0.105. The molecule has 2 N–H and O–H groups in total. The van der Waals surface area contributed by atoms with E-state index in [0.29, 0.717) is 26.2 Å². The van der Waals surface area contributed by atoms with Crippen LogP contribution in [0, 0.1) is 0 Å². The Morgan fingerprint density at radius 2 is 2.16 bits per heavy atom. The SMILES string of the molecule is COC(=O)C1=C(C)NC(=O)N[C@H]1c1cc(Br)c(Br)o1. The number of carbonyl (C=O) groups excluding carboxylic acids is 2. The molecule has 102 valence electrons. The van der Waals surface area contributed by atoms with E-state index in [2.05, 4.69) is 42.5 Å². The Kier molecular flexibility index (Phi) is 4.00. The summed E-state index contributed by atoms with van der Waals surface area (Å²) >= 11 is 6.50. The van der Waals surface area contributed by atoms with E-state index in [9.17, 15) is 9.59 Å². The highest BCUT2D eigenvalue weighted by Crippen LogP contribution is 2.34. The van der Waals surface area contributed by atoms with Gasteiger partial charge in [0.05, 0.1) is 17.2 Å². The summed E-state index contributed by atoms with van der Waals surface area (Å²) in [6.45, 7) is 1.63. The second-order valence-electron chi connectivity index (χ2n) is 3.83. The summed E-state index contributed by atoms with van der Waals surface area (Å²) in [5.41, 5.74) is 0.736. The predicted molar refractivity (Wildman–Crippen MR) is 73.2 cm³/mol. The van der Waals surface area contributed by atoms with Crippen molar-refractivity contribution in [3.05, 3.63) is 32.2 Å². The number of hydrogen-bond donors (Lipinski definition) is 2. The molecule has 1 aliphatic heterocycles. The van der Waals surface area contributed by atoms with Crippen molar-refractivity contribution < 1.29 is 18.7 Å². The van der Waals surface area contributed by atoms with Gasteiger partial charge in [0.1, 0.15) is 11.8 Å². The van der Waals surface area contributed by atoms with Crippen LogP contribution in [0.5, 0.6) is 0 Å². The van der Waals surface area contributed by atoms with Gasteiger partial charge in [-0.05, 0) is 44.8 Å². The van der Waals surface area contributed by atoms with Crippen LogP contribution >= 0.6 is 31.9 Å². The summed E-state index contributed by atoms with van der Waals surface area (Å²) in [5, 5.41) is 5.15. The average Bonchev–Trinajstić information content (AvgIpc) is 2.68. The second-order valence-corrected chi connectivity index (χ2v) is 5.41. The number of methoxy groups -OCH3 is 1. The molecular formula is C11H10Br2N2O4. The van der Waals surface area contributed by atoms with Gasteiger partial charge in [0.25, 0.3) is 0 Å².